The summed E-state index contributed by atoms with van der Waals surface area (Å²) >= 11 is 0. The lowest BCUT2D eigenvalue weighted by Crippen LogP contribution is -2.58. The molecule has 4 rings (SSSR count). The summed E-state index contributed by atoms with van der Waals surface area (Å²) in [4.78, 5) is 29.4. The van der Waals surface area contributed by atoms with Gasteiger partial charge in [-0.3, -0.25) is 9.59 Å². The zero-order valence-electron chi connectivity index (χ0n) is 17.9. The van der Waals surface area contributed by atoms with Crippen LogP contribution in [0.4, 0.5) is 0 Å². The Bertz CT molecular complexity index is 759. The number of carbonyl (C=O) groups excluding carboxylic acids is 2. The van der Waals surface area contributed by atoms with Crippen molar-refractivity contribution in [2.75, 3.05) is 19.6 Å². The van der Waals surface area contributed by atoms with Gasteiger partial charge in [-0.1, -0.05) is 38.1 Å². The van der Waals surface area contributed by atoms with Crippen molar-refractivity contribution < 1.29 is 9.59 Å². The van der Waals surface area contributed by atoms with Crippen LogP contribution in [0.5, 0.6) is 0 Å². The predicted molar refractivity (Wildman–Crippen MR) is 114 cm³/mol. The highest BCUT2D eigenvalue weighted by molar-refractivity contribution is 5.93. The highest BCUT2D eigenvalue weighted by atomic mass is 16.2. The first kappa shape index (κ1) is 20.4. The second kappa shape index (κ2) is 8.10. The van der Waals surface area contributed by atoms with Gasteiger partial charge in [0.15, 0.2) is 0 Å². The zero-order valence-corrected chi connectivity index (χ0v) is 17.9. The summed E-state index contributed by atoms with van der Waals surface area (Å²) in [5, 5.41) is 0. The van der Waals surface area contributed by atoms with E-state index in [1.54, 1.807) is 4.90 Å². The summed E-state index contributed by atoms with van der Waals surface area (Å²) in [5.41, 5.74) is 7.29. The first-order chi connectivity index (χ1) is 13.9. The first-order valence-electron chi connectivity index (χ1n) is 11.3. The molecule has 0 unspecified atom stereocenters. The van der Waals surface area contributed by atoms with Gasteiger partial charge in [-0.05, 0) is 74.6 Å². The van der Waals surface area contributed by atoms with E-state index < -0.39 is 11.3 Å². The van der Waals surface area contributed by atoms with E-state index in [2.05, 4.69) is 30.9 Å². The molecule has 2 aliphatic heterocycles. The molecule has 1 spiro atoms. The maximum atomic E-state index is 13.5. The molecular weight excluding hydrogens is 362 g/mol. The number of piperidine rings is 1. The van der Waals surface area contributed by atoms with Gasteiger partial charge < -0.3 is 15.5 Å². The SMILES string of the molecule is CC(C)[C@H]1CC[C@@H](N2CCC3(CC2)C(=O)N(CC(N)=O)Cc2ccccc23)CC1. The average molecular weight is 398 g/mol. The van der Waals surface area contributed by atoms with Gasteiger partial charge in [-0.25, -0.2) is 0 Å². The molecule has 2 N–H and O–H groups in total. The lowest BCUT2D eigenvalue weighted by Gasteiger charge is -2.49. The van der Waals surface area contributed by atoms with Gasteiger partial charge in [-0.15, -0.1) is 0 Å². The van der Waals surface area contributed by atoms with Crippen molar-refractivity contribution in [1.29, 1.82) is 0 Å². The van der Waals surface area contributed by atoms with Crippen LogP contribution in [0.3, 0.4) is 0 Å². The molecule has 0 aromatic heterocycles. The lowest BCUT2D eigenvalue weighted by atomic mass is 9.67. The van der Waals surface area contributed by atoms with Gasteiger partial charge >= 0.3 is 0 Å². The second-order valence-electron chi connectivity index (χ2n) is 9.72. The Hall–Kier alpha value is -1.88. The quantitative estimate of drug-likeness (QED) is 0.849. The van der Waals surface area contributed by atoms with Crippen LogP contribution in [0.2, 0.25) is 0 Å². The molecule has 1 saturated carbocycles. The van der Waals surface area contributed by atoms with Gasteiger partial charge in [0.1, 0.15) is 0 Å². The Kier molecular flexibility index (Phi) is 5.69. The number of hydrogen-bond donors (Lipinski definition) is 1. The molecule has 0 atom stereocenters. The van der Waals surface area contributed by atoms with Gasteiger partial charge in [-0.2, -0.15) is 0 Å². The number of hydrogen-bond acceptors (Lipinski definition) is 3. The molecule has 5 nitrogen and oxygen atoms in total. The minimum Gasteiger partial charge on any atom is -0.368 e. The summed E-state index contributed by atoms with van der Waals surface area (Å²) in [7, 11) is 0. The second-order valence-corrected chi connectivity index (χ2v) is 9.72. The topological polar surface area (TPSA) is 66.6 Å². The zero-order chi connectivity index (χ0) is 20.6. The van der Waals surface area contributed by atoms with Crippen LogP contribution in [0.1, 0.15) is 63.5 Å². The van der Waals surface area contributed by atoms with Gasteiger partial charge in [0.2, 0.25) is 11.8 Å². The van der Waals surface area contributed by atoms with Crippen molar-refractivity contribution in [1.82, 2.24) is 9.80 Å². The summed E-state index contributed by atoms with van der Waals surface area (Å²) in [5.74, 6) is 1.31. The third-order valence-corrected chi connectivity index (χ3v) is 7.79. The fourth-order valence-electron chi connectivity index (χ4n) is 6.02. The number of nitrogens with two attached hydrogens (primary N) is 1. The number of benzene rings is 1. The molecule has 1 aromatic carbocycles. The van der Waals surface area contributed by atoms with Crippen molar-refractivity contribution in [2.45, 2.75) is 70.4 Å². The van der Waals surface area contributed by atoms with Crippen molar-refractivity contribution >= 4 is 11.8 Å². The molecule has 2 amide bonds. The van der Waals surface area contributed by atoms with Crippen molar-refractivity contribution in [2.24, 2.45) is 17.6 Å². The molecule has 5 heteroatoms. The van der Waals surface area contributed by atoms with E-state index in [1.807, 2.05) is 12.1 Å². The minimum atomic E-state index is -0.490. The van der Waals surface area contributed by atoms with Crippen LogP contribution in [0.25, 0.3) is 0 Å². The molecule has 1 aromatic rings. The molecule has 3 aliphatic rings. The van der Waals surface area contributed by atoms with Crippen LogP contribution in [-0.4, -0.2) is 47.3 Å². The summed E-state index contributed by atoms with van der Waals surface area (Å²) < 4.78 is 0. The maximum Gasteiger partial charge on any atom is 0.237 e. The fraction of sp³-hybridized carbons (Fsp3) is 0.667. The summed E-state index contributed by atoms with van der Waals surface area (Å²) in [6.45, 7) is 7.11. The number of primary amides is 1. The Morgan fingerprint density at radius 1 is 1.14 bits per heavy atom. The Morgan fingerprint density at radius 2 is 1.79 bits per heavy atom. The van der Waals surface area contributed by atoms with Gasteiger partial charge in [0, 0.05) is 12.6 Å². The normalized spacial score (nSPS) is 27.3. The Morgan fingerprint density at radius 3 is 2.41 bits per heavy atom. The average Bonchev–Trinajstić information content (AvgIpc) is 2.72. The lowest BCUT2D eigenvalue weighted by molar-refractivity contribution is -0.144. The molecule has 1 aliphatic carbocycles. The fourth-order valence-corrected chi connectivity index (χ4v) is 6.02. The number of nitrogens with zero attached hydrogens (tertiary/aromatic N) is 2. The van der Waals surface area contributed by atoms with Crippen LogP contribution in [-0.2, 0) is 21.5 Å². The molecule has 29 heavy (non-hydrogen) atoms. The first-order valence-corrected chi connectivity index (χ1v) is 11.3. The van der Waals surface area contributed by atoms with Crippen molar-refractivity contribution in [3.63, 3.8) is 0 Å². The number of amides is 2. The van der Waals surface area contributed by atoms with E-state index in [-0.39, 0.29) is 12.5 Å². The van der Waals surface area contributed by atoms with Crippen molar-refractivity contribution in [3.05, 3.63) is 35.4 Å². The predicted octanol–water partition coefficient (Wildman–Crippen LogP) is 3.06. The highest BCUT2D eigenvalue weighted by Gasteiger charge is 2.49. The Labute approximate surface area is 174 Å². The van der Waals surface area contributed by atoms with Gasteiger partial charge in [0.05, 0.1) is 12.0 Å². The van der Waals surface area contributed by atoms with Crippen LogP contribution in [0.15, 0.2) is 24.3 Å². The highest BCUT2D eigenvalue weighted by Crippen LogP contribution is 2.44. The van der Waals surface area contributed by atoms with E-state index in [0.717, 1.165) is 37.8 Å². The van der Waals surface area contributed by atoms with E-state index in [4.69, 9.17) is 5.73 Å². The number of likely N-dealkylation sites (tertiary alicyclic amines) is 1. The third-order valence-electron chi connectivity index (χ3n) is 7.79. The Balaban J connectivity index is 1.50. The molecule has 158 valence electrons. The molecule has 0 radical (unpaired) electrons. The minimum absolute atomic E-state index is 0.0118. The van der Waals surface area contributed by atoms with Crippen LogP contribution in [0, 0.1) is 11.8 Å². The molecule has 2 heterocycles. The largest absolute Gasteiger partial charge is 0.368 e. The number of rotatable bonds is 4. The van der Waals surface area contributed by atoms with E-state index in [1.165, 1.54) is 36.8 Å². The van der Waals surface area contributed by atoms with E-state index >= 15 is 0 Å². The third kappa shape index (κ3) is 3.81. The standard InChI is InChI=1S/C24H35N3O2/c1-17(2)18-7-9-20(10-8-18)26-13-11-24(12-14-26)21-6-4-3-5-19(21)15-27(23(24)29)16-22(25)28/h3-6,17-18,20H,7-16H2,1-2H3,(H2,25,28)/t18-,20+. The van der Waals surface area contributed by atoms with Gasteiger partial charge in [0.25, 0.3) is 0 Å². The summed E-state index contributed by atoms with van der Waals surface area (Å²) in [6.07, 6.45) is 6.91. The molecular formula is C24H35N3O2. The van der Waals surface area contributed by atoms with Crippen LogP contribution >= 0.6 is 0 Å². The summed E-state index contributed by atoms with van der Waals surface area (Å²) in [6, 6.07) is 8.94. The molecule has 1 saturated heterocycles. The van der Waals surface area contributed by atoms with E-state index in [0.29, 0.717) is 12.6 Å². The number of fused-ring (bicyclic) bond motifs is 2. The van der Waals surface area contributed by atoms with Crippen molar-refractivity contribution in [3.8, 4) is 0 Å². The maximum absolute atomic E-state index is 13.5. The number of carbonyl (C=O) groups is 2. The monoisotopic (exact) mass is 397 g/mol. The van der Waals surface area contributed by atoms with Crippen LogP contribution < -0.4 is 5.73 Å². The molecule has 2 fully saturated rings. The smallest absolute Gasteiger partial charge is 0.237 e. The van der Waals surface area contributed by atoms with E-state index in [9.17, 15) is 9.59 Å². The molecule has 0 bridgehead atoms.